The SMILES string of the molecule is COc1cc(CO)cc2c1ccn2C. The second-order valence-corrected chi connectivity index (χ2v) is 3.32. The minimum absolute atomic E-state index is 0.0392. The third-order valence-electron chi connectivity index (χ3n) is 2.43. The van der Waals surface area contributed by atoms with Gasteiger partial charge < -0.3 is 14.4 Å². The standard InChI is InChI=1S/C11H13NO2/c1-12-4-3-9-10(12)5-8(7-13)6-11(9)14-2/h3-6,13H,7H2,1-2H3. The zero-order valence-corrected chi connectivity index (χ0v) is 8.32. The molecule has 2 aromatic rings. The number of aliphatic hydroxyl groups excluding tert-OH is 1. The lowest BCUT2D eigenvalue weighted by molar-refractivity contribution is 0.281. The summed E-state index contributed by atoms with van der Waals surface area (Å²) in [5, 5.41) is 10.2. The predicted octanol–water partition coefficient (Wildman–Crippen LogP) is 1.68. The van der Waals surface area contributed by atoms with Crippen molar-refractivity contribution in [3.8, 4) is 5.75 Å². The van der Waals surface area contributed by atoms with E-state index in [1.54, 1.807) is 7.11 Å². The smallest absolute Gasteiger partial charge is 0.128 e. The van der Waals surface area contributed by atoms with Crippen LogP contribution in [-0.4, -0.2) is 16.8 Å². The van der Waals surface area contributed by atoms with Crippen LogP contribution in [0.2, 0.25) is 0 Å². The Morgan fingerprint density at radius 3 is 2.86 bits per heavy atom. The fourth-order valence-electron chi connectivity index (χ4n) is 1.65. The summed E-state index contributed by atoms with van der Waals surface area (Å²) in [5.74, 6) is 0.812. The summed E-state index contributed by atoms with van der Waals surface area (Å²) in [4.78, 5) is 0. The molecule has 3 heteroatoms. The minimum Gasteiger partial charge on any atom is -0.496 e. The molecule has 3 nitrogen and oxygen atoms in total. The summed E-state index contributed by atoms with van der Waals surface area (Å²) in [7, 11) is 3.62. The van der Waals surface area contributed by atoms with Crippen molar-refractivity contribution in [3.05, 3.63) is 30.0 Å². The first kappa shape index (κ1) is 9.09. The van der Waals surface area contributed by atoms with E-state index in [0.29, 0.717) is 0 Å². The highest BCUT2D eigenvalue weighted by Gasteiger charge is 2.06. The number of nitrogens with zero attached hydrogens (tertiary/aromatic N) is 1. The Bertz CT molecular complexity index is 460. The highest BCUT2D eigenvalue weighted by molar-refractivity contribution is 5.87. The van der Waals surface area contributed by atoms with Crippen molar-refractivity contribution in [2.24, 2.45) is 7.05 Å². The maximum Gasteiger partial charge on any atom is 0.128 e. The van der Waals surface area contributed by atoms with E-state index >= 15 is 0 Å². The first-order chi connectivity index (χ1) is 6.76. The Hall–Kier alpha value is -1.48. The van der Waals surface area contributed by atoms with Gasteiger partial charge >= 0.3 is 0 Å². The van der Waals surface area contributed by atoms with Gasteiger partial charge in [-0.1, -0.05) is 0 Å². The van der Waals surface area contributed by atoms with Crippen LogP contribution in [0.5, 0.6) is 5.75 Å². The van der Waals surface area contributed by atoms with Crippen LogP contribution in [-0.2, 0) is 13.7 Å². The van der Waals surface area contributed by atoms with E-state index in [4.69, 9.17) is 9.84 Å². The van der Waals surface area contributed by atoms with Crippen LogP contribution in [0.1, 0.15) is 5.56 Å². The molecular formula is C11H13NO2. The second-order valence-electron chi connectivity index (χ2n) is 3.32. The van der Waals surface area contributed by atoms with E-state index in [-0.39, 0.29) is 6.61 Å². The Balaban J connectivity index is 2.76. The van der Waals surface area contributed by atoms with Crippen molar-refractivity contribution in [1.29, 1.82) is 0 Å². The lowest BCUT2D eigenvalue weighted by atomic mass is 10.1. The van der Waals surface area contributed by atoms with Gasteiger partial charge in [-0.15, -0.1) is 0 Å². The van der Waals surface area contributed by atoms with Crippen LogP contribution >= 0.6 is 0 Å². The van der Waals surface area contributed by atoms with Crippen molar-refractivity contribution < 1.29 is 9.84 Å². The molecule has 0 fully saturated rings. The van der Waals surface area contributed by atoms with Crippen LogP contribution < -0.4 is 4.74 Å². The Labute approximate surface area is 82.5 Å². The quantitative estimate of drug-likeness (QED) is 0.783. The van der Waals surface area contributed by atoms with E-state index in [1.807, 2.05) is 36.0 Å². The number of fused-ring (bicyclic) bond motifs is 1. The topological polar surface area (TPSA) is 34.4 Å². The monoisotopic (exact) mass is 191 g/mol. The van der Waals surface area contributed by atoms with Crippen molar-refractivity contribution in [3.63, 3.8) is 0 Å². The van der Waals surface area contributed by atoms with Gasteiger partial charge in [-0.3, -0.25) is 0 Å². The number of aryl methyl sites for hydroxylation is 1. The first-order valence-corrected chi connectivity index (χ1v) is 4.49. The lowest BCUT2D eigenvalue weighted by Crippen LogP contribution is -1.91. The van der Waals surface area contributed by atoms with E-state index in [1.165, 1.54) is 0 Å². The highest BCUT2D eigenvalue weighted by atomic mass is 16.5. The van der Waals surface area contributed by atoms with Gasteiger partial charge in [0.25, 0.3) is 0 Å². The molecule has 0 atom stereocenters. The third kappa shape index (κ3) is 1.26. The molecule has 0 spiro atoms. The molecule has 0 aliphatic heterocycles. The van der Waals surface area contributed by atoms with Crippen molar-refractivity contribution in [2.45, 2.75) is 6.61 Å². The number of benzene rings is 1. The molecule has 0 saturated carbocycles. The minimum atomic E-state index is 0.0392. The number of ether oxygens (including phenoxy) is 1. The summed E-state index contributed by atoms with van der Waals surface area (Å²) >= 11 is 0. The molecule has 1 N–H and O–H groups in total. The number of aromatic nitrogens is 1. The zero-order chi connectivity index (χ0) is 10.1. The average Bonchev–Trinajstić information content (AvgIpc) is 2.59. The molecule has 74 valence electrons. The molecule has 1 heterocycles. The lowest BCUT2D eigenvalue weighted by Gasteiger charge is -2.05. The number of hydrogen-bond acceptors (Lipinski definition) is 2. The highest BCUT2D eigenvalue weighted by Crippen LogP contribution is 2.27. The van der Waals surface area contributed by atoms with Gasteiger partial charge in [-0.05, 0) is 23.8 Å². The summed E-state index contributed by atoms with van der Waals surface area (Å²) in [6.45, 7) is 0.0392. The largest absolute Gasteiger partial charge is 0.496 e. The van der Waals surface area contributed by atoms with Gasteiger partial charge in [0.15, 0.2) is 0 Å². The third-order valence-corrected chi connectivity index (χ3v) is 2.43. The molecule has 1 aromatic carbocycles. The molecule has 0 aliphatic rings. The number of aliphatic hydroxyl groups is 1. The average molecular weight is 191 g/mol. The Morgan fingerprint density at radius 1 is 1.43 bits per heavy atom. The molecule has 0 radical (unpaired) electrons. The molecule has 2 rings (SSSR count). The van der Waals surface area contributed by atoms with Crippen LogP contribution in [0.15, 0.2) is 24.4 Å². The molecule has 14 heavy (non-hydrogen) atoms. The maximum atomic E-state index is 9.08. The van der Waals surface area contributed by atoms with Crippen molar-refractivity contribution in [2.75, 3.05) is 7.11 Å². The summed E-state index contributed by atoms with van der Waals surface area (Å²) in [5.41, 5.74) is 1.95. The molecule has 0 unspecified atom stereocenters. The van der Waals surface area contributed by atoms with Crippen LogP contribution in [0.25, 0.3) is 10.9 Å². The van der Waals surface area contributed by atoms with E-state index < -0.39 is 0 Å². The molecule has 0 bridgehead atoms. The van der Waals surface area contributed by atoms with Gasteiger partial charge in [0, 0.05) is 18.6 Å². The molecule has 1 aromatic heterocycles. The fraction of sp³-hybridized carbons (Fsp3) is 0.273. The van der Waals surface area contributed by atoms with Gasteiger partial charge in [0.2, 0.25) is 0 Å². The number of hydrogen-bond donors (Lipinski definition) is 1. The zero-order valence-electron chi connectivity index (χ0n) is 8.32. The second kappa shape index (κ2) is 3.35. The van der Waals surface area contributed by atoms with Crippen LogP contribution in [0.3, 0.4) is 0 Å². The number of methoxy groups -OCH3 is 1. The summed E-state index contributed by atoms with van der Waals surface area (Å²) < 4.78 is 7.27. The van der Waals surface area contributed by atoms with Crippen molar-refractivity contribution >= 4 is 10.9 Å². The summed E-state index contributed by atoms with van der Waals surface area (Å²) in [6, 6.07) is 5.84. The maximum absolute atomic E-state index is 9.08. The normalized spacial score (nSPS) is 10.8. The number of rotatable bonds is 2. The molecular weight excluding hydrogens is 178 g/mol. The van der Waals surface area contributed by atoms with Crippen LogP contribution in [0, 0.1) is 0 Å². The Kier molecular flexibility index (Phi) is 2.17. The van der Waals surface area contributed by atoms with Gasteiger partial charge in [-0.2, -0.15) is 0 Å². The van der Waals surface area contributed by atoms with Gasteiger partial charge in [0.1, 0.15) is 5.75 Å². The van der Waals surface area contributed by atoms with Crippen LogP contribution in [0.4, 0.5) is 0 Å². The van der Waals surface area contributed by atoms with Gasteiger partial charge in [0.05, 0.1) is 19.2 Å². The molecule has 0 amide bonds. The Morgan fingerprint density at radius 2 is 2.21 bits per heavy atom. The molecule has 0 saturated heterocycles. The molecule has 0 aliphatic carbocycles. The first-order valence-electron chi connectivity index (χ1n) is 4.49. The van der Waals surface area contributed by atoms with Crippen molar-refractivity contribution in [1.82, 2.24) is 4.57 Å². The van der Waals surface area contributed by atoms with E-state index in [9.17, 15) is 0 Å². The summed E-state index contributed by atoms with van der Waals surface area (Å²) in [6.07, 6.45) is 1.98. The fourth-order valence-corrected chi connectivity index (χ4v) is 1.65. The van der Waals surface area contributed by atoms with E-state index in [2.05, 4.69) is 0 Å². The van der Waals surface area contributed by atoms with Gasteiger partial charge in [-0.25, -0.2) is 0 Å². The van der Waals surface area contributed by atoms with E-state index in [0.717, 1.165) is 22.2 Å². The predicted molar refractivity (Wildman–Crippen MR) is 55.4 cm³/mol.